The molecule has 2 N–H and O–H groups in total. The molecule has 0 atom stereocenters. The van der Waals surface area contributed by atoms with Crippen molar-refractivity contribution >= 4 is 33.5 Å². The molecule has 0 spiro atoms. The van der Waals surface area contributed by atoms with E-state index in [1.807, 2.05) is 55.9 Å². The van der Waals surface area contributed by atoms with E-state index in [0.29, 0.717) is 18.1 Å². The minimum Gasteiger partial charge on any atom is -0.326 e. The van der Waals surface area contributed by atoms with Crippen LogP contribution < -0.4 is 10.6 Å². The quantitative estimate of drug-likeness (QED) is 0.419. The first kappa shape index (κ1) is 21.8. The number of guanidine groups is 1. The van der Waals surface area contributed by atoms with Gasteiger partial charge >= 0.3 is 0 Å². The van der Waals surface area contributed by atoms with Crippen LogP contribution in [0.3, 0.4) is 0 Å². The Balaban J connectivity index is 1.89. The van der Waals surface area contributed by atoms with Gasteiger partial charge in [-0.3, -0.25) is 14.8 Å². The third-order valence-electron chi connectivity index (χ3n) is 5.00. The van der Waals surface area contributed by atoms with E-state index in [0.717, 1.165) is 33.5 Å². The summed E-state index contributed by atoms with van der Waals surface area (Å²) in [5.41, 5.74) is 5.66. The zero-order valence-electron chi connectivity index (χ0n) is 17.7. The Morgan fingerprint density at radius 2 is 1.93 bits per heavy atom. The summed E-state index contributed by atoms with van der Waals surface area (Å²) < 4.78 is 2.58. The highest BCUT2D eigenvalue weighted by Crippen LogP contribution is 2.17. The maximum Gasteiger partial charge on any atom is 0.259 e. The van der Waals surface area contributed by atoms with Crippen LogP contribution in [0.5, 0.6) is 0 Å². The van der Waals surface area contributed by atoms with Crippen LogP contribution in [0.2, 0.25) is 0 Å². The highest BCUT2D eigenvalue weighted by Gasteiger charge is 2.14. The standard InChI is InChI=1S/C23H26BrN5O/c1-5-17-9-8-10-18(13-17)26-23(25-14-20-15(2)28-29(4)16(20)3)27-22(30)19-11-6-7-12-21(19)24/h6-13H,5,14H2,1-4H3,(H2,25,26,27,30). The molecule has 3 rings (SSSR count). The van der Waals surface area contributed by atoms with Gasteiger partial charge in [0.25, 0.3) is 5.91 Å². The van der Waals surface area contributed by atoms with Crippen LogP contribution in [-0.4, -0.2) is 21.6 Å². The topological polar surface area (TPSA) is 71.3 Å². The van der Waals surface area contributed by atoms with E-state index in [4.69, 9.17) is 0 Å². The van der Waals surface area contributed by atoms with E-state index < -0.39 is 0 Å². The van der Waals surface area contributed by atoms with Crippen LogP contribution in [0.15, 0.2) is 58.0 Å². The lowest BCUT2D eigenvalue weighted by Gasteiger charge is -2.13. The number of halogens is 1. The number of aliphatic imine (C=N–C) groups is 1. The maximum atomic E-state index is 12.9. The van der Waals surface area contributed by atoms with Crippen LogP contribution >= 0.6 is 15.9 Å². The number of nitrogens with one attached hydrogen (secondary N) is 2. The Kier molecular flexibility index (Phi) is 7.05. The molecule has 0 aliphatic rings. The molecule has 0 fully saturated rings. The van der Waals surface area contributed by atoms with Gasteiger partial charge in [-0.25, -0.2) is 4.99 Å². The summed E-state index contributed by atoms with van der Waals surface area (Å²) in [6.07, 6.45) is 0.930. The largest absolute Gasteiger partial charge is 0.326 e. The molecule has 0 aliphatic heterocycles. The number of aromatic nitrogens is 2. The number of nitrogens with zero attached hydrogens (tertiary/aromatic N) is 3. The SMILES string of the molecule is CCc1cccc(NC(=NCc2c(C)nn(C)c2C)NC(=O)c2ccccc2Br)c1. The van der Waals surface area contributed by atoms with E-state index in [1.165, 1.54) is 5.56 Å². The zero-order valence-corrected chi connectivity index (χ0v) is 19.2. The molecule has 1 aromatic heterocycles. The van der Waals surface area contributed by atoms with Crippen molar-refractivity contribution in [2.45, 2.75) is 33.7 Å². The fourth-order valence-corrected chi connectivity index (χ4v) is 3.61. The normalized spacial score (nSPS) is 11.4. The second-order valence-corrected chi connectivity index (χ2v) is 7.91. The van der Waals surface area contributed by atoms with E-state index in [9.17, 15) is 4.79 Å². The van der Waals surface area contributed by atoms with Crippen molar-refractivity contribution in [1.29, 1.82) is 0 Å². The number of benzene rings is 2. The van der Waals surface area contributed by atoms with Gasteiger partial charge in [-0.15, -0.1) is 0 Å². The van der Waals surface area contributed by atoms with Crippen molar-refractivity contribution < 1.29 is 4.79 Å². The van der Waals surface area contributed by atoms with E-state index >= 15 is 0 Å². The average Bonchev–Trinajstić information content (AvgIpc) is 2.97. The lowest BCUT2D eigenvalue weighted by molar-refractivity contribution is 0.0976. The Morgan fingerprint density at radius 3 is 2.60 bits per heavy atom. The molecule has 30 heavy (non-hydrogen) atoms. The molecule has 156 valence electrons. The molecule has 0 radical (unpaired) electrons. The lowest BCUT2D eigenvalue weighted by Crippen LogP contribution is -2.36. The van der Waals surface area contributed by atoms with Gasteiger partial charge < -0.3 is 5.32 Å². The molecule has 0 unspecified atom stereocenters. The number of carbonyl (C=O) groups is 1. The van der Waals surface area contributed by atoms with Gasteiger partial charge in [0.1, 0.15) is 0 Å². The summed E-state index contributed by atoms with van der Waals surface area (Å²) in [6, 6.07) is 15.4. The Labute approximate surface area is 185 Å². The number of carbonyl (C=O) groups excluding carboxylic acids is 1. The van der Waals surface area contributed by atoms with E-state index in [2.05, 4.69) is 55.7 Å². The summed E-state index contributed by atoms with van der Waals surface area (Å²) in [4.78, 5) is 17.5. The fourth-order valence-electron chi connectivity index (χ4n) is 3.14. The van der Waals surface area contributed by atoms with Crippen LogP contribution in [0.4, 0.5) is 5.69 Å². The van der Waals surface area contributed by atoms with Crippen molar-refractivity contribution in [2.24, 2.45) is 12.0 Å². The predicted molar refractivity (Wildman–Crippen MR) is 125 cm³/mol. The van der Waals surface area contributed by atoms with E-state index in [-0.39, 0.29) is 5.91 Å². The highest BCUT2D eigenvalue weighted by atomic mass is 79.9. The lowest BCUT2D eigenvalue weighted by atomic mass is 10.1. The van der Waals surface area contributed by atoms with Crippen LogP contribution in [0.1, 0.15) is 39.8 Å². The summed E-state index contributed by atoms with van der Waals surface area (Å²) in [6.45, 7) is 6.51. The summed E-state index contributed by atoms with van der Waals surface area (Å²) in [7, 11) is 1.92. The molecular weight excluding hydrogens is 442 g/mol. The highest BCUT2D eigenvalue weighted by molar-refractivity contribution is 9.10. The number of aryl methyl sites for hydroxylation is 3. The molecule has 7 heteroatoms. The first-order valence-corrected chi connectivity index (χ1v) is 10.6. The van der Waals surface area contributed by atoms with Gasteiger partial charge in [0.15, 0.2) is 0 Å². The Morgan fingerprint density at radius 1 is 1.17 bits per heavy atom. The first-order valence-electron chi connectivity index (χ1n) is 9.84. The third-order valence-corrected chi connectivity index (χ3v) is 5.69. The number of hydrogen-bond donors (Lipinski definition) is 2. The average molecular weight is 468 g/mol. The van der Waals surface area contributed by atoms with Crippen molar-refractivity contribution in [2.75, 3.05) is 5.32 Å². The van der Waals surface area contributed by atoms with Gasteiger partial charge in [0.05, 0.1) is 17.8 Å². The predicted octanol–water partition coefficient (Wildman–Crippen LogP) is 4.76. The number of amides is 1. The van der Waals surface area contributed by atoms with Gasteiger partial charge in [-0.2, -0.15) is 5.10 Å². The molecule has 0 aliphatic carbocycles. The molecule has 6 nitrogen and oxygen atoms in total. The molecular formula is C23H26BrN5O. The smallest absolute Gasteiger partial charge is 0.259 e. The minimum atomic E-state index is -0.236. The van der Waals surface area contributed by atoms with Crippen LogP contribution in [0, 0.1) is 13.8 Å². The monoisotopic (exact) mass is 467 g/mol. The second kappa shape index (κ2) is 9.71. The zero-order chi connectivity index (χ0) is 21.7. The van der Waals surface area contributed by atoms with Crippen LogP contribution in [0.25, 0.3) is 0 Å². The third kappa shape index (κ3) is 5.16. The van der Waals surface area contributed by atoms with Gasteiger partial charge in [-0.05, 0) is 66.0 Å². The van der Waals surface area contributed by atoms with Crippen molar-refractivity contribution in [3.05, 3.63) is 81.1 Å². The Hall–Kier alpha value is -2.93. The summed E-state index contributed by atoms with van der Waals surface area (Å²) in [5.74, 6) is 0.159. The van der Waals surface area contributed by atoms with Crippen molar-refractivity contribution in [3.8, 4) is 0 Å². The van der Waals surface area contributed by atoms with Crippen molar-refractivity contribution in [3.63, 3.8) is 0 Å². The number of hydrogen-bond acceptors (Lipinski definition) is 3. The molecule has 3 aromatic rings. The second-order valence-electron chi connectivity index (χ2n) is 7.05. The first-order chi connectivity index (χ1) is 14.4. The van der Waals surface area contributed by atoms with E-state index in [1.54, 1.807) is 6.07 Å². The maximum absolute atomic E-state index is 12.9. The molecule has 0 saturated carbocycles. The number of anilines is 1. The fraction of sp³-hybridized carbons (Fsp3) is 0.261. The van der Waals surface area contributed by atoms with Crippen LogP contribution in [-0.2, 0) is 20.0 Å². The molecule has 0 bridgehead atoms. The van der Waals surface area contributed by atoms with Gasteiger partial charge in [0, 0.05) is 28.5 Å². The summed E-state index contributed by atoms with van der Waals surface area (Å²) >= 11 is 3.44. The molecule has 1 amide bonds. The molecule has 0 saturated heterocycles. The molecule has 2 aromatic carbocycles. The minimum absolute atomic E-state index is 0.236. The summed E-state index contributed by atoms with van der Waals surface area (Å²) in [5, 5.41) is 10.6. The Bertz CT molecular complexity index is 1090. The van der Waals surface area contributed by atoms with Gasteiger partial charge in [0.2, 0.25) is 5.96 Å². The van der Waals surface area contributed by atoms with Crippen molar-refractivity contribution in [1.82, 2.24) is 15.1 Å². The number of rotatable bonds is 5. The van der Waals surface area contributed by atoms with Gasteiger partial charge in [-0.1, -0.05) is 31.2 Å². The molecule has 1 heterocycles.